The van der Waals surface area contributed by atoms with Crippen LogP contribution in [-0.2, 0) is 11.3 Å². The third kappa shape index (κ3) is 5.11. The minimum absolute atomic E-state index is 0.0688. The van der Waals surface area contributed by atoms with Crippen LogP contribution < -0.4 is 29.7 Å². The normalized spacial score (nSPS) is 10.6. The molecule has 0 spiro atoms. The first-order valence-corrected chi connectivity index (χ1v) is 11.3. The second kappa shape index (κ2) is 10.9. The number of nitrogens with zero attached hydrogens (tertiary/aromatic N) is 1. The molecule has 0 fully saturated rings. The molecule has 0 radical (unpaired) electrons. The molecule has 190 valence electrons. The summed E-state index contributed by atoms with van der Waals surface area (Å²) >= 11 is 0. The van der Waals surface area contributed by atoms with E-state index < -0.39 is 17.1 Å². The molecular formula is C28H26N2O7. The first-order valence-electron chi connectivity index (χ1n) is 11.3. The minimum atomic E-state index is -0.474. The molecule has 0 unspecified atom stereocenters. The Morgan fingerprint density at radius 1 is 0.811 bits per heavy atom. The molecule has 9 nitrogen and oxygen atoms in total. The molecular weight excluding hydrogens is 476 g/mol. The topological polar surface area (TPSA) is 105 Å². The Morgan fingerprint density at radius 2 is 1.49 bits per heavy atom. The molecule has 1 N–H and O–H groups in total. The van der Waals surface area contributed by atoms with Crippen LogP contribution in [0.25, 0.3) is 10.9 Å². The zero-order valence-corrected chi connectivity index (χ0v) is 20.9. The molecule has 3 aromatic carbocycles. The number of carbonyl (C=O) groups excluding carboxylic acids is 2. The fraction of sp³-hybridized carbons (Fsp3) is 0.179. The Hall–Kier alpha value is -4.79. The molecule has 0 aliphatic rings. The lowest BCUT2D eigenvalue weighted by atomic mass is 10.0. The van der Waals surface area contributed by atoms with Gasteiger partial charge in [-0.3, -0.25) is 14.4 Å². The standard InChI is InChI=1S/C28H26N2O7/c1-34-18-10-11-21(23(12-18)35-2)29-26(31)16-30-15-20(27(32)17-8-6-5-7-9-17)28(33)19-13-24(36-3)25(37-4)14-22(19)30/h5-15H,16H2,1-4H3,(H,29,31). The van der Waals surface area contributed by atoms with Crippen molar-refractivity contribution in [3.05, 3.63) is 88.2 Å². The highest BCUT2D eigenvalue weighted by Gasteiger charge is 2.20. The maximum atomic E-state index is 13.4. The van der Waals surface area contributed by atoms with Crippen LogP contribution in [-0.4, -0.2) is 44.7 Å². The highest BCUT2D eigenvalue weighted by molar-refractivity contribution is 6.10. The molecule has 1 heterocycles. The smallest absolute Gasteiger partial charge is 0.244 e. The van der Waals surface area contributed by atoms with E-state index in [0.717, 1.165) is 0 Å². The van der Waals surface area contributed by atoms with Crippen LogP contribution in [0.3, 0.4) is 0 Å². The van der Waals surface area contributed by atoms with E-state index in [-0.39, 0.29) is 17.5 Å². The van der Waals surface area contributed by atoms with Gasteiger partial charge >= 0.3 is 0 Å². The molecule has 1 amide bonds. The summed E-state index contributed by atoms with van der Waals surface area (Å²) in [6.45, 7) is -0.198. The molecule has 0 aliphatic carbocycles. The number of aromatic nitrogens is 1. The third-order valence-corrected chi connectivity index (χ3v) is 5.86. The maximum Gasteiger partial charge on any atom is 0.244 e. The van der Waals surface area contributed by atoms with Gasteiger partial charge in [0.15, 0.2) is 17.3 Å². The number of pyridine rings is 1. The van der Waals surface area contributed by atoms with E-state index in [1.165, 1.54) is 40.7 Å². The summed E-state index contributed by atoms with van der Waals surface area (Å²) in [5, 5.41) is 3.03. The number of rotatable bonds is 9. The van der Waals surface area contributed by atoms with E-state index in [4.69, 9.17) is 18.9 Å². The van der Waals surface area contributed by atoms with Crippen molar-refractivity contribution < 1.29 is 28.5 Å². The van der Waals surface area contributed by atoms with E-state index in [2.05, 4.69) is 5.32 Å². The Bertz CT molecular complexity index is 1530. The SMILES string of the molecule is COc1ccc(NC(=O)Cn2cc(C(=O)c3ccccc3)c(=O)c3cc(OC)c(OC)cc32)c(OC)c1. The Morgan fingerprint density at radius 3 is 2.14 bits per heavy atom. The number of fused-ring (bicyclic) bond motifs is 1. The van der Waals surface area contributed by atoms with Gasteiger partial charge in [0.05, 0.1) is 50.6 Å². The van der Waals surface area contributed by atoms with Crippen molar-refractivity contribution in [3.63, 3.8) is 0 Å². The van der Waals surface area contributed by atoms with Crippen LogP contribution in [0.1, 0.15) is 15.9 Å². The van der Waals surface area contributed by atoms with Gasteiger partial charge in [0.2, 0.25) is 11.3 Å². The second-order valence-electron chi connectivity index (χ2n) is 8.03. The molecule has 37 heavy (non-hydrogen) atoms. The average molecular weight is 503 g/mol. The molecule has 4 aromatic rings. The minimum Gasteiger partial charge on any atom is -0.497 e. The highest BCUT2D eigenvalue weighted by Crippen LogP contribution is 2.32. The number of methoxy groups -OCH3 is 4. The van der Waals surface area contributed by atoms with Crippen LogP contribution >= 0.6 is 0 Å². The molecule has 0 saturated heterocycles. The van der Waals surface area contributed by atoms with Gasteiger partial charge in [-0.2, -0.15) is 0 Å². The van der Waals surface area contributed by atoms with Crippen molar-refractivity contribution in [1.82, 2.24) is 4.57 Å². The quantitative estimate of drug-likeness (QED) is 0.346. The van der Waals surface area contributed by atoms with E-state index in [9.17, 15) is 14.4 Å². The van der Waals surface area contributed by atoms with Gasteiger partial charge in [0.25, 0.3) is 0 Å². The molecule has 0 bridgehead atoms. The molecule has 1 aromatic heterocycles. The van der Waals surface area contributed by atoms with Gasteiger partial charge in [-0.05, 0) is 18.2 Å². The predicted molar refractivity (Wildman–Crippen MR) is 139 cm³/mol. The summed E-state index contributed by atoms with van der Waals surface area (Å²) in [4.78, 5) is 39.8. The number of hydrogen-bond acceptors (Lipinski definition) is 7. The molecule has 0 atom stereocenters. The number of nitrogens with one attached hydrogen (secondary N) is 1. The number of benzene rings is 3. The maximum absolute atomic E-state index is 13.4. The van der Waals surface area contributed by atoms with E-state index in [0.29, 0.717) is 39.8 Å². The summed E-state index contributed by atoms with van der Waals surface area (Å²) in [6, 6.07) is 16.6. The van der Waals surface area contributed by atoms with Crippen molar-refractivity contribution in [1.29, 1.82) is 0 Å². The van der Waals surface area contributed by atoms with Gasteiger partial charge in [-0.1, -0.05) is 30.3 Å². The Kier molecular flexibility index (Phi) is 7.43. The van der Waals surface area contributed by atoms with Crippen LogP contribution in [0.5, 0.6) is 23.0 Å². The fourth-order valence-electron chi connectivity index (χ4n) is 4.00. The molecule has 4 rings (SSSR count). The number of amides is 1. The number of carbonyl (C=O) groups is 2. The molecule has 0 saturated carbocycles. The van der Waals surface area contributed by atoms with Crippen LogP contribution in [0.15, 0.2) is 71.7 Å². The predicted octanol–water partition coefficient (Wildman–Crippen LogP) is 3.91. The van der Waals surface area contributed by atoms with E-state index in [1.807, 2.05) is 0 Å². The lowest BCUT2D eigenvalue weighted by molar-refractivity contribution is -0.116. The first-order chi connectivity index (χ1) is 17.9. The van der Waals surface area contributed by atoms with Gasteiger partial charge < -0.3 is 28.8 Å². The van der Waals surface area contributed by atoms with Gasteiger partial charge in [0, 0.05) is 23.9 Å². The number of ketones is 1. The largest absolute Gasteiger partial charge is 0.497 e. The monoisotopic (exact) mass is 502 g/mol. The fourth-order valence-corrected chi connectivity index (χ4v) is 4.00. The first kappa shape index (κ1) is 25.3. The van der Waals surface area contributed by atoms with Crippen molar-refractivity contribution in [2.24, 2.45) is 0 Å². The van der Waals surface area contributed by atoms with Crippen molar-refractivity contribution in [2.45, 2.75) is 6.54 Å². The van der Waals surface area contributed by atoms with E-state index >= 15 is 0 Å². The summed E-state index contributed by atoms with van der Waals surface area (Å²) in [5.41, 5.74) is 0.667. The van der Waals surface area contributed by atoms with Gasteiger partial charge in [-0.15, -0.1) is 0 Å². The van der Waals surface area contributed by atoms with Crippen molar-refractivity contribution >= 4 is 28.3 Å². The summed E-state index contributed by atoms with van der Waals surface area (Å²) in [7, 11) is 5.95. The number of hydrogen-bond donors (Lipinski definition) is 1. The number of anilines is 1. The Labute approximate surface area is 213 Å². The summed E-state index contributed by atoms with van der Waals surface area (Å²) in [6.07, 6.45) is 1.40. The van der Waals surface area contributed by atoms with Crippen LogP contribution in [0.2, 0.25) is 0 Å². The Balaban J connectivity index is 1.81. The summed E-state index contributed by atoms with van der Waals surface area (Å²) < 4.78 is 22.9. The lowest BCUT2D eigenvalue weighted by Crippen LogP contribution is -2.24. The third-order valence-electron chi connectivity index (χ3n) is 5.86. The van der Waals surface area contributed by atoms with Crippen molar-refractivity contribution in [3.8, 4) is 23.0 Å². The van der Waals surface area contributed by atoms with Gasteiger partial charge in [0.1, 0.15) is 18.0 Å². The van der Waals surface area contributed by atoms with Crippen LogP contribution in [0, 0.1) is 0 Å². The second-order valence-corrected chi connectivity index (χ2v) is 8.03. The van der Waals surface area contributed by atoms with Crippen molar-refractivity contribution in [2.75, 3.05) is 33.8 Å². The zero-order chi connectivity index (χ0) is 26.5. The summed E-state index contributed by atoms with van der Waals surface area (Å²) in [5.74, 6) is 0.850. The van der Waals surface area contributed by atoms with E-state index in [1.54, 1.807) is 59.2 Å². The van der Waals surface area contributed by atoms with Crippen LogP contribution in [0.4, 0.5) is 5.69 Å². The zero-order valence-electron chi connectivity index (χ0n) is 20.9. The molecule has 0 aliphatic heterocycles. The average Bonchev–Trinajstić information content (AvgIpc) is 2.94. The van der Waals surface area contributed by atoms with Gasteiger partial charge in [-0.25, -0.2) is 0 Å². The highest BCUT2D eigenvalue weighted by atomic mass is 16.5. The molecule has 9 heteroatoms. The lowest BCUT2D eigenvalue weighted by Gasteiger charge is -2.17. The number of ether oxygens (including phenoxy) is 4.